The van der Waals surface area contributed by atoms with Gasteiger partial charge in [0.1, 0.15) is 17.5 Å². The van der Waals surface area contributed by atoms with Crippen LogP contribution in [0.15, 0.2) is 29.2 Å². The first kappa shape index (κ1) is 21.6. The molecule has 0 aliphatic rings. The van der Waals surface area contributed by atoms with Crippen molar-refractivity contribution in [3.05, 3.63) is 61.6 Å². The van der Waals surface area contributed by atoms with Gasteiger partial charge in [0.2, 0.25) is 5.28 Å². The Morgan fingerprint density at radius 3 is 2.58 bits per heavy atom. The third-order valence-corrected chi connectivity index (χ3v) is 6.06. The Morgan fingerprint density at radius 1 is 1.06 bits per heavy atom. The number of H-pyrrole nitrogens is 2. The van der Waals surface area contributed by atoms with Crippen molar-refractivity contribution in [3.63, 3.8) is 0 Å². The van der Waals surface area contributed by atoms with Crippen LogP contribution in [-0.4, -0.2) is 39.9 Å². The van der Waals surface area contributed by atoms with E-state index < -0.39 is 6.04 Å². The van der Waals surface area contributed by atoms with Crippen LogP contribution in [0.2, 0.25) is 15.3 Å². The first-order valence-corrected chi connectivity index (χ1v) is 11.1. The quantitative estimate of drug-likeness (QED) is 0.298. The smallest absolute Gasteiger partial charge is 0.268 e. The van der Waals surface area contributed by atoms with E-state index in [1.54, 1.807) is 24.4 Å². The minimum atomic E-state index is -0.469. The molecule has 168 valence electrons. The molecule has 0 aliphatic carbocycles. The number of benzene rings is 1. The number of fused-ring (bicyclic) bond motifs is 2. The van der Waals surface area contributed by atoms with Crippen LogP contribution < -0.4 is 10.9 Å². The second-order valence-corrected chi connectivity index (χ2v) is 8.45. The zero-order valence-corrected chi connectivity index (χ0v) is 19.6. The van der Waals surface area contributed by atoms with E-state index in [2.05, 4.69) is 35.7 Å². The minimum absolute atomic E-state index is 0.0404. The van der Waals surface area contributed by atoms with E-state index in [-0.39, 0.29) is 21.3 Å². The molecule has 3 N–H and O–H groups in total. The summed E-state index contributed by atoms with van der Waals surface area (Å²) < 4.78 is 1.43. The Labute approximate surface area is 201 Å². The molecule has 0 amide bonds. The highest BCUT2D eigenvalue weighted by Gasteiger charge is 2.24. The van der Waals surface area contributed by atoms with E-state index in [1.165, 1.54) is 4.57 Å². The van der Waals surface area contributed by atoms with Crippen LogP contribution in [0.3, 0.4) is 0 Å². The Hall–Kier alpha value is -3.21. The predicted molar refractivity (Wildman–Crippen MR) is 128 cm³/mol. The minimum Gasteiger partial charge on any atom is -0.359 e. The number of nitrogens with one attached hydrogen (secondary N) is 3. The number of rotatable bonds is 5. The number of aromatic nitrogens is 8. The first-order chi connectivity index (χ1) is 15.9. The number of hydrogen-bond donors (Lipinski definition) is 3. The molecule has 13 heteroatoms. The van der Waals surface area contributed by atoms with E-state index in [1.807, 2.05) is 13.8 Å². The molecule has 0 bridgehead atoms. The van der Waals surface area contributed by atoms with E-state index in [0.29, 0.717) is 45.5 Å². The van der Waals surface area contributed by atoms with Gasteiger partial charge in [-0.05, 0) is 37.1 Å². The molecule has 1 atom stereocenters. The molecule has 10 nitrogen and oxygen atoms in total. The summed E-state index contributed by atoms with van der Waals surface area (Å²) in [6.45, 7) is 3.81. The predicted octanol–water partition coefficient (Wildman–Crippen LogP) is 4.61. The normalized spacial score (nSPS) is 12.5. The van der Waals surface area contributed by atoms with Crippen molar-refractivity contribution in [2.24, 2.45) is 0 Å². The van der Waals surface area contributed by atoms with Crippen molar-refractivity contribution < 1.29 is 0 Å². The van der Waals surface area contributed by atoms with Crippen LogP contribution in [0.5, 0.6) is 0 Å². The van der Waals surface area contributed by atoms with Crippen molar-refractivity contribution >= 4 is 62.6 Å². The summed E-state index contributed by atoms with van der Waals surface area (Å²) in [7, 11) is 0. The zero-order valence-electron chi connectivity index (χ0n) is 17.3. The second kappa shape index (κ2) is 8.29. The molecular formula is C20H16Cl3N9O. The monoisotopic (exact) mass is 503 g/mol. The first-order valence-electron chi connectivity index (χ1n) is 9.94. The van der Waals surface area contributed by atoms with Crippen molar-refractivity contribution in [2.75, 3.05) is 5.32 Å². The van der Waals surface area contributed by atoms with Crippen LogP contribution in [0.4, 0.5) is 5.82 Å². The van der Waals surface area contributed by atoms with Gasteiger partial charge in [-0.25, -0.2) is 9.55 Å². The fraction of sp³-hybridized carbons (Fsp3) is 0.200. The number of halogens is 3. The number of aromatic amines is 2. The zero-order chi connectivity index (χ0) is 23.3. The lowest BCUT2D eigenvalue weighted by atomic mass is 10.1. The number of nitrogens with zero attached hydrogens (tertiary/aromatic N) is 6. The van der Waals surface area contributed by atoms with Gasteiger partial charge in [0.25, 0.3) is 5.56 Å². The van der Waals surface area contributed by atoms with Crippen LogP contribution in [0.1, 0.15) is 30.9 Å². The maximum atomic E-state index is 13.6. The summed E-state index contributed by atoms with van der Waals surface area (Å²) in [6.07, 6.45) is 2.09. The SMILES string of the molecule is CC[C@H](Nc1nc(Cl)nc2n[nH]c(C)c12)c1nc2c(Cl)ccc(Cl)c2c(=O)n1-c1ccn[nH]1. The van der Waals surface area contributed by atoms with Gasteiger partial charge >= 0.3 is 0 Å². The molecule has 0 radical (unpaired) electrons. The molecule has 0 unspecified atom stereocenters. The maximum absolute atomic E-state index is 13.6. The van der Waals surface area contributed by atoms with Crippen molar-refractivity contribution in [3.8, 4) is 5.82 Å². The van der Waals surface area contributed by atoms with Crippen LogP contribution in [0, 0.1) is 6.92 Å². The molecule has 33 heavy (non-hydrogen) atoms. The summed E-state index contributed by atoms with van der Waals surface area (Å²) in [5, 5.41) is 18.7. The Morgan fingerprint density at radius 2 is 1.85 bits per heavy atom. The van der Waals surface area contributed by atoms with Gasteiger partial charge < -0.3 is 5.32 Å². The molecule has 0 aliphatic heterocycles. The molecule has 5 aromatic rings. The average Bonchev–Trinajstić information content (AvgIpc) is 3.44. The highest BCUT2D eigenvalue weighted by atomic mass is 35.5. The van der Waals surface area contributed by atoms with E-state index in [0.717, 1.165) is 5.69 Å². The lowest BCUT2D eigenvalue weighted by Gasteiger charge is -2.22. The Balaban J connectivity index is 1.77. The number of anilines is 1. The largest absolute Gasteiger partial charge is 0.359 e. The fourth-order valence-electron chi connectivity index (χ4n) is 3.73. The van der Waals surface area contributed by atoms with Gasteiger partial charge in [0.05, 0.1) is 38.6 Å². The maximum Gasteiger partial charge on any atom is 0.268 e. The van der Waals surface area contributed by atoms with Crippen LogP contribution in [0.25, 0.3) is 27.8 Å². The van der Waals surface area contributed by atoms with Gasteiger partial charge in [0.15, 0.2) is 5.65 Å². The molecule has 0 saturated carbocycles. The lowest BCUT2D eigenvalue weighted by molar-refractivity contribution is 0.653. The Kier molecular flexibility index (Phi) is 5.43. The average molecular weight is 505 g/mol. The fourth-order valence-corrected chi connectivity index (χ4v) is 4.33. The van der Waals surface area contributed by atoms with Gasteiger partial charge in [-0.15, -0.1) is 0 Å². The number of aryl methyl sites for hydroxylation is 1. The van der Waals surface area contributed by atoms with Gasteiger partial charge in [-0.1, -0.05) is 30.1 Å². The molecule has 1 aromatic carbocycles. The second-order valence-electron chi connectivity index (χ2n) is 7.30. The van der Waals surface area contributed by atoms with Crippen molar-refractivity contribution in [2.45, 2.75) is 26.3 Å². The summed E-state index contributed by atoms with van der Waals surface area (Å²) in [5.74, 6) is 1.30. The highest BCUT2D eigenvalue weighted by Crippen LogP contribution is 2.31. The van der Waals surface area contributed by atoms with Crippen molar-refractivity contribution in [1.82, 2.24) is 39.9 Å². The van der Waals surface area contributed by atoms with E-state index in [4.69, 9.17) is 39.8 Å². The molecule has 0 fully saturated rings. The van der Waals surface area contributed by atoms with Gasteiger partial charge in [-0.2, -0.15) is 20.2 Å². The summed E-state index contributed by atoms with van der Waals surface area (Å²) in [5.41, 5.74) is 1.13. The number of hydrogen-bond acceptors (Lipinski definition) is 7. The molecule has 4 heterocycles. The van der Waals surface area contributed by atoms with Crippen LogP contribution >= 0.6 is 34.8 Å². The summed E-state index contributed by atoms with van der Waals surface area (Å²) in [6, 6.07) is 4.39. The molecule has 0 saturated heterocycles. The summed E-state index contributed by atoms with van der Waals surface area (Å²) >= 11 is 18.9. The summed E-state index contributed by atoms with van der Waals surface area (Å²) in [4.78, 5) is 26.9. The standard InChI is InChI=1S/C20H16Cl3N9O/c1-3-11(25-16-13-8(2)29-31-17(13)28-20(23)27-16)18-26-15-10(22)5-4-9(21)14(15)19(33)32(18)12-6-7-24-30-12/h4-7,11H,3H2,1-2H3,(H,24,30)(H2,25,27,28,29,31)/t11-/m0/s1. The van der Waals surface area contributed by atoms with Gasteiger partial charge in [0, 0.05) is 11.8 Å². The van der Waals surface area contributed by atoms with Crippen molar-refractivity contribution in [1.29, 1.82) is 0 Å². The molecule has 4 aromatic heterocycles. The van der Waals surface area contributed by atoms with Crippen LogP contribution in [-0.2, 0) is 0 Å². The molecule has 5 rings (SSSR count). The van der Waals surface area contributed by atoms with Gasteiger partial charge in [-0.3, -0.25) is 15.0 Å². The third kappa shape index (κ3) is 3.60. The lowest BCUT2D eigenvalue weighted by Crippen LogP contribution is -2.29. The van der Waals surface area contributed by atoms with E-state index >= 15 is 0 Å². The topological polar surface area (TPSA) is 130 Å². The Bertz CT molecular complexity index is 1560. The molecule has 0 spiro atoms. The van der Waals surface area contributed by atoms with E-state index in [9.17, 15) is 4.79 Å². The molecular weight excluding hydrogens is 489 g/mol. The highest BCUT2D eigenvalue weighted by molar-refractivity contribution is 6.39. The third-order valence-electron chi connectivity index (χ3n) is 5.28.